The summed E-state index contributed by atoms with van der Waals surface area (Å²) >= 11 is 14.5. The fourth-order valence-corrected chi connectivity index (χ4v) is 14.9. The number of hydrogen-bond donors (Lipinski definition) is 20. The van der Waals surface area contributed by atoms with Crippen molar-refractivity contribution in [3.8, 4) is 57.1 Å². The molecule has 0 aliphatic carbocycles. The van der Waals surface area contributed by atoms with Crippen molar-refractivity contribution in [3.05, 3.63) is 117 Å². The van der Waals surface area contributed by atoms with Crippen LogP contribution in [0.3, 0.4) is 0 Å². The van der Waals surface area contributed by atoms with E-state index in [0.717, 1.165) is 48.5 Å². The Kier molecular flexibility index (Phi) is 25.2. The molecule has 36 nitrogen and oxygen atoms in total. The number of aliphatic carboxylic acids is 1. The zero-order valence-electron chi connectivity index (χ0n) is 61.6. The molecule has 22 N–H and O–H groups in total. The maximum atomic E-state index is 16.4. The molecule has 0 radical (unpaired) electrons. The molecule has 0 aromatic heterocycles. The van der Waals surface area contributed by atoms with E-state index in [-0.39, 0.29) is 58.4 Å². The van der Waals surface area contributed by atoms with E-state index in [1.807, 2.05) is 13.8 Å². The van der Waals surface area contributed by atoms with Crippen LogP contribution in [0.25, 0.3) is 11.1 Å². The first-order valence-electron chi connectivity index (χ1n) is 35.8. The molecule has 0 saturated carbocycles. The summed E-state index contributed by atoms with van der Waals surface area (Å²) in [5.74, 6) is -16.0. The highest BCUT2D eigenvalue weighted by Crippen LogP contribution is 2.50. The topological polar surface area (TPSA) is 561 Å². The highest BCUT2D eigenvalue weighted by Gasteiger charge is 2.53. The minimum absolute atomic E-state index is 0.109. The fraction of sp³-hybridized carbons (Fsp3) is 0.486. The van der Waals surface area contributed by atoms with Gasteiger partial charge in [0.05, 0.1) is 53.5 Å². The Morgan fingerprint density at radius 2 is 1.27 bits per heavy atom. The zero-order chi connectivity index (χ0) is 81.6. The number of aromatic hydroxyl groups is 3. The molecule has 8 aliphatic heterocycles. The molecule has 11 bridgehead atoms. The number of halogens is 2. The van der Waals surface area contributed by atoms with Crippen molar-refractivity contribution >= 4 is 70.5 Å². The summed E-state index contributed by atoms with van der Waals surface area (Å²) in [7, 11) is 3.02. The average Bonchev–Trinajstić information content (AvgIpc) is 0.775. The van der Waals surface area contributed by atoms with Crippen molar-refractivity contribution in [1.29, 1.82) is 0 Å². The molecule has 8 heterocycles. The molecule has 13 rings (SSSR count). The zero-order valence-corrected chi connectivity index (χ0v) is 63.1. The van der Waals surface area contributed by atoms with Crippen LogP contribution in [0.2, 0.25) is 10.0 Å². The number of carboxylic acids is 1. The summed E-state index contributed by atoms with van der Waals surface area (Å²) in [6.07, 6.45) is -22.4. The maximum Gasteiger partial charge on any atom is 0.330 e. The van der Waals surface area contributed by atoms with Crippen LogP contribution in [0.1, 0.15) is 125 Å². The summed E-state index contributed by atoms with van der Waals surface area (Å²) in [6, 6.07) is -0.257. The van der Waals surface area contributed by atoms with Gasteiger partial charge in [-0.3, -0.25) is 33.6 Å². The van der Waals surface area contributed by atoms with Crippen molar-refractivity contribution in [2.24, 2.45) is 17.4 Å². The van der Waals surface area contributed by atoms with Gasteiger partial charge in [0.25, 0.3) is 0 Å². The number of likely N-dealkylation sites (N-methyl/N-ethyl adjacent to an activating group) is 2. The molecule has 8 aliphatic rings. The second-order valence-corrected chi connectivity index (χ2v) is 30.2. The lowest BCUT2D eigenvalue weighted by Crippen LogP contribution is -2.64. The minimum Gasteiger partial charge on any atom is -0.508 e. The lowest BCUT2D eigenvalue weighted by Gasteiger charge is -2.47. The number of aliphatic hydroxyl groups excluding tert-OH is 6. The Labute approximate surface area is 650 Å². The first-order valence-corrected chi connectivity index (χ1v) is 36.5. The van der Waals surface area contributed by atoms with Crippen molar-refractivity contribution < 1.29 is 127 Å². The van der Waals surface area contributed by atoms with Crippen LogP contribution in [0, 0.1) is 5.92 Å². The number of benzene rings is 5. The third kappa shape index (κ3) is 17.6. The van der Waals surface area contributed by atoms with Gasteiger partial charge in [-0.25, -0.2) is 4.79 Å². The summed E-state index contributed by atoms with van der Waals surface area (Å²) in [6.45, 7) is 8.82. The molecule has 7 amide bonds. The van der Waals surface area contributed by atoms with Gasteiger partial charge in [-0.1, -0.05) is 55.2 Å². The number of nitrogens with two attached hydrogens (primary N) is 2. The third-order valence-electron chi connectivity index (χ3n) is 20.7. The number of fused-ring (bicyclic) bond motifs is 15. The monoisotopic (exact) mass is 1600 g/mol. The SMILES string of the molecule is CN[C@H](CC(C)C)C(=O)N[C@H]1C(=O)N[C@@H](CC(N)=O)C(=O)N[C@H]2C(=O)N[C@H]3C(=O)N[C@H](C(=O)N[C@H](C(=O)O)c4cc(O)cc(O)c4-c4cc3ccc4O)[C@H](O[C@H]3C[C@](C)(NC)[C@@H](O)[C@H](C)O3)c3ccc(c(Cl)c3)Oc3cc2cc(c3O[C@@H]2O[C@H](CO)[C@@H](O)[C@H](O)[C@H]2O[C@H]2C[C@](C)(N)[C@@H](O)[C@H](C)O2)Oc2ccc(cc2Cl)[C@H]1O. The Bertz CT molecular complexity index is 4450. The van der Waals surface area contributed by atoms with Crippen LogP contribution >= 0.6 is 23.2 Å². The minimum atomic E-state index is -2.38. The van der Waals surface area contributed by atoms with E-state index in [0.29, 0.717) is 0 Å². The number of carbonyl (C=O) groups is 8. The number of carboxylic acid groups (broad SMARTS) is 1. The summed E-state index contributed by atoms with van der Waals surface area (Å²) in [5.41, 5.74) is 7.04. The van der Waals surface area contributed by atoms with Gasteiger partial charge in [0.15, 0.2) is 36.2 Å². The molecule has 606 valence electrons. The number of carbonyl (C=O) groups excluding carboxylic acids is 7. The lowest BCUT2D eigenvalue weighted by molar-refractivity contribution is -0.333. The Balaban J connectivity index is 1.19. The van der Waals surface area contributed by atoms with Crippen molar-refractivity contribution in [1.82, 2.24) is 42.5 Å². The number of phenolic OH excluding ortho intramolecular Hbond substituents is 3. The predicted molar refractivity (Wildman–Crippen MR) is 391 cm³/mol. The summed E-state index contributed by atoms with van der Waals surface area (Å²) < 4.78 is 51.9. The smallest absolute Gasteiger partial charge is 0.330 e. The molecule has 5 aromatic carbocycles. The molecule has 0 unspecified atom stereocenters. The van der Waals surface area contributed by atoms with Crippen LogP contribution in [0.5, 0.6) is 46.0 Å². The van der Waals surface area contributed by atoms with Crippen LogP contribution in [0.4, 0.5) is 0 Å². The second-order valence-electron chi connectivity index (χ2n) is 29.4. The summed E-state index contributed by atoms with van der Waals surface area (Å²) in [5, 5.41) is 135. The number of phenols is 3. The third-order valence-corrected chi connectivity index (χ3v) is 21.3. The van der Waals surface area contributed by atoms with E-state index in [2.05, 4.69) is 42.5 Å². The normalized spacial score (nSPS) is 31.9. The van der Waals surface area contributed by atoms with Gasteiger partial charge in [-0.05, 0) is 131 Å². The number of rotatable bonds is 16. The first-order chi connectivity index (χ1) is 52.8. The highest BCUT2D eigenvalue weighted by molar-refractivity contribution is 6.32. The van der Waals surface area contributed by atoms with Crippen molar-refractivity contribution in [2.45, 2.75) is 201 Å². The number of ether oxygens (including phenoxy) is 8. The van der Waals surface area contributed by atoms with E-state index in [1.165, 1.54) is 58.2 Å². The summed E-state index contributed by atoms with van der Waals surface area (Å²) in [4.78, 5) is 120. The van der Waals surface area contributed by atoms with Gasteiger partial charge in [0, 0.05) is 46.7 Å². The Morgan fingerprint density at radius 1 is 0.670 bits per heavy atom. The molecular weight excluding hydrogens is 1520 g/mol. The molecule has 0 spiro atoms. The van der Waals surface area contributed by atoms with Gasteiger partial charge >= 0.3 is 5.97 Å². The van der Waals surface area contributed by atoms with E-state index in [4.69, 9.17) is 72.6 Å². The van der Waals surface area contributed by atoms with Gasteiger partial charge < -0.3 is 143 Å². The van der Waals surface area contributed by atoms with Gasteiger partial charge in [-0.15, -0.1) is 0 Å². The maximum absolute atomic E-state index is 16.4. The van der Waals surface area contributed by atoms with Crippen LogP contribution < -0.4 is 68.2 Å². The first kappa shape index (κ1) is 83.6. The largest absolute Gasteiger partial charge is 0.508 e. The van der Waals surface area contributed by atoms with Gasteiger partial charge in [0.2, 0.25) is 53.4 Å². The van der Waals surface area contributed by atoms with Crippen molar-refractivity contribution in [3.63, 3.8) is 0 Å². The molecule has 112 heavy (non-hydrogen) atoms. The molecule has 38 heteroatoms. The van der Waals surface area contributed by atoms with E-state index < -0.39 is 255 Å². The number of aliphatic hydroxyl groups is 6. The van der Waals surface area contributed by atoms with Gasteiger partial charge in [-0.2, -0.15) is 0 Å². The average molecular weight is 1610 g/mol. The van der Waals surface area contributed by atoms with Crippen LogP contribution in [-0.4, -0.2) is 222 Å². The standard InChI is InChI=1S/C74H90Cl2N10O26/c1-27(2)15-39(79-7)65(97)85-55-57(92)31-10-13-43(37(75)17-31)107-45-19-33-20-46(61(45)112-72-62(59(94)58(93)47(26-87)109-72)111-49-24-73(5,78)63(95)28(3)105-49)108-44-14-11-32(18-38(44)76)60(110-50-25-74(6,80-8)64(96)29(4)106-50)56-70(102)84-54(71(103)104)36-21-34(88)22-42(90)51(36)35-16-30(9-12-41(35)89)52(67(99)86-56)83-68(100)53(33)82-66(98)40(23-48(77)91)81-69(55)101/h9-14,16-22,27-29,39-40,47,49-50,52-60,62-64,72,79-80,87-90,92-96H,15,23-26,78H2,1-8H3,(H2,77,91)(H,81,101)(H,82,98)(H,83,100)(H,84,102)(H,85,97)(H,86,99)(H,103,104)/t28-,29-,39+,40-,47+,49-,50-,52+,53+,54-,55+,56-,57+,58+,59-,60+,62+,63-,64-,72-,73-,74-/m0/s1. The quantitative estimate of drug-likeness (QED) is 0.0643. The van der Waals surface area contributed by atoms with E-state index in [1.54, 1.807) is 14.0 Å². The molecule has 22 atom stereocenters. The molecule has 3 saturated heterocycles. The van der Waals surface area contributed by atoms with Gasteiger partial charge in [0.1, 0.15) is 89.5 Å². The highest BCUT2D eigenvalue weighted by atomic mass is 35.5. The number of hydrogen-bond acceptors (Lipinski definition) is 28. The van der Waals surface area contributed by atoms with Crippen molar-refractivity contribution in [2.75, 3.05) is 20.7 Å². The van der Waals surface area contributed by atoms with Crippen LogP contribution in [0.15, 0.2) is 78.9 Å². The molecule has 5 aromatic rings. The predicted octanol–water partition coefficient (Wildman–Crippen LogP) is 0.604. The molecule has 3 fully saturated rings. The molecular formula is C74H90Cl2N10O26. The van der Waals surface area contributed by atoms with Crippen LogP contribution in [-0.2, 0) is 62.0 Å². The number of primary amides is 1. The number of nitrogens with one attached hydrogen (secondary N) is 8. The second kappa shape index (κ2) is 33.8. The Hall–Kier alpha value is -9.32. The number of amides is 7. The Morgan fingerprint density at radius 3 is 1.87 bits per heavy atom. The van der Waals surface area contributed by atoms with E-state index >= 15 is 24.0 Å². The fourth-order valence-electron chi connectivity index (χ4n) is 14.5. The van der Waals surface area contributed by atoms with E-state index in [9.17, 15) is 65.4 Å². The lowest BCUT2D eigenvalue weighted by atomic mass is 9.85.